The van der Waals surface area contributed by atoms with Gasteiger partial charge >= 0.3 is 0 Å². The van der Waals surface area contributed by atoms with Gasteiger partial charge in [-0.05, 0) is 37.6 Å². The van der Waals surface area contributed by atoms with Crippen LogP contribution in [0.5, 0.6) is 0 Å². The van der Waals surface area contributed by atoms with Crippen molar-refractivity contribution in [2.24, 2.45) is 17.6 Å². The lowest BCUT2D eigenvalue weighted by atomic mass is 9.94. The molecule has 0 spiro atoms. The van der Waals surface area contributed by atoms with Crippen LogP contribution >= 0.6 is 0 Å². The van der Waals surface area contributed by atoms with Crippen LogP contribution in [0.3, 0.4) is 0 Å². The molecule has 0 amide bonds. The summed E-state index contributed by atoms with van der Waals surface area (Å²) in [5.41, 5.74) is 5.80. The van der Waals surface area contributed by atoms with E-state index in [-0.39, 0.29) is 6.10 Å². The number of aromatic nitrogens is 2. The molecule has 0 bridgehead atoms. The topological polar surface area (TPSA) is 74.2 Å². The molecule has 2 unspecified atom stereocenters. The van der Waals surface area contributed by atoms with Crippen LogP contribution < -0.4 is 5.73 Å². The van der Waals surface area contributed by atoms with E-state index in [1.807, 2.05) is 0 Å². The van der Waals surface area contributed by atoms with Crippen LogP contribution in [0.1, 0.15) is 44.8 Å². The van der Waals surface area contributed by atoms with Gasteiger partial charge < -0.3 is 15.0 Å². The maximum Gasteiger partial charge on any atom is 0.226 e. The summed E-state index contributed by atoms with van der Waals surface area (Å²) < 4.78 is 10.9. The fraction of sp³-hybridized carbons (Fsp3) is 0.857. The maximum absolute atomic E-state index is 5.80. The van der Waals surface area contributed by atoms with E-state index in [0.717, 1.165) is 44.5 Å². The number of nitrogens with two attached hydrogens (primary N) is 1. The van der Waals surface area contributed by atoms with Crippen molar-refractivity contribution in [2.75, 3.05) is 13.2 Å². The molecule has 108 valence electrons. The van der Waals surface area contributed by atoms with E-state index < -0.39 is 0 Å². The van der Waals surface area contributed by atoms with Gasteiger partial charge in [0.2, 0.25) is 5.89 Å². The zero-order valence-electron chi connectivity index (χ0n) is 12.0. The number of ether oxygens (including phenoxy) is 1. The molecule has 2 heterocycles. The monoisotopic (exact) mass is 267 g/mol. The van der Waals surface area contributed by atoms with Crippen molar-refractivity contribution >= 4 is 0 Å². The second-order valence-electron chi connectivity index (χ2n) is 5.88. The predicted molar refractivity (Wildman–Crippen MR) is 72.7 cm³/mol. The molecule has 2 atom stereocenters. The van der Waals surface area contributed by atoms with E-state index in [0.29, 0.717) is 24.3 Å². The quantitative estimate of drug-likeness (QED) is 0.817. The Morgan fingerprint density at radius 3 is 2.89 bits per heavy atom. The Morgan fingerprint density at radius 2 is 2.26 bits per heavy atom. The normalized spacial score (nSPS) is 21.2. The van der Waals surface area contributed by atoms with Gasteiger partial charge in [0.15, 0.2) is 5.82 Å². The summed E-state index contributed by atoms with van der Waals surface area (Å²) >= 11 is 0. The standard InChI is InChI=1S/C14H25N3O2/c1-10(2)6-11(9-15)7-14-16-13(17-19-14)8-12-4-3-5-18-12/h10-12H,3-9,15H2,1-2H3. The Labute approximate surface area is 114 Å². The highest BCUT2D eigenvalue weighted by atomic mass is 16.5. The molecular formula is C14H25N3O2. The molecule has 0 saturated carbocycles. The molecule has 0 radical (unpaired) electrons. The first-order valence-corrected chi connectivity index (χ1v) is 7.30. The maximum atomic E-state index is 5.80. The van der Waals surface area contributed by atoms with Crippen LogP contribution in [0.4, 0.5) is 0 Å². The molecule has 0 aromatic carbocycles. The Hall–Kier alpha value is -0.940. The van der Waals surface area contributed by atoms with Crippen LogP contribution in [-0.4, -0.2) is 29.4 Å². The minimum atomic E-state index is 0.270. The summed E-state index contributed by atoms with van der Waals surface area (Å²) in [5, 5.41) is 4.04. The summed E-state index contributed by atoms with van der Waals surface area (Å²) in [6.45, 7) is 5.94. The molecule has 5 heteroatoms. The Balaban J connectivity index is 1.85. The fourth-order valence-electron chi connectivity index (χ4n) is 2.64. The van der Waals surface area contributed by atoms with E-state index in [4.69, 9.17) is 15.0 Å². The van der Waals surface area contributed by atoms with E-state index in [2.05, 4.69) is 24.0 Å². The lowest BCUT2D eigenvalue weighted by molar-refractivity contribution is 0.109. The van der Waals surface area contributed by atoms with Gasteiger partial charge in [-0.3, -0.25) is 0 Å². The number of rotatable bonds is 7. The highest BCUT2D eigenvalue weighted by molar-refractivity contribution is 4.91. The zero-order valence-corrected chi connectivity index (χ0v) is 12.0. The molecule has 1 fully saturated rings. The number of hydrogen-bond acceptors (Lipinski definition) is 5. The van der Waals surface area contributed by atoms with Crippen molar-refractivity contribution in [3.8, 4) is 0 Å². The van der Waals surface area contributed by atoms with Crippen molar-refractivity contribution < 1.29 is 9.26 Å². The van der Waals surface area contributed by atoms with Gasteiger partial charge in [-0.15, -0.1) is 0 Å². The molecular weight excluding hydrogens is 242 g/mol. The van der Waals surface area contributed by atoms with Crippen LogP contribution in [-0.2, 0) is 17.6 Å². The van der Waals surface area contributed by atoms with Crippen LogP contribution in [0.2, 0.25) is 0 Å². The van der Waals surface area contributed by atoms with Crippen molar-refractivity contribution in [1.82, 2.24) is 10.1 Å². The summed E-state index contributed by atoms with van der Waals surface area (Å²) in [6, 6.07) is 0. The van der Waals surface area contributed by atoms with E-state index in [1.165, 1.54) is 0 Å². The Morgan fingerprint density at radius 1 is 1.42 bits per heavy atom. The van der Waals surface area contributed by atoms with Gasteiger partial charge in [-0.1, -0.05) is 19.0 Å². The molecule has 1 saturated heterocycles. The SMILES string of the molecule is CC(C)CC(CN)Cc1nc(CC2CCCO2)no1. The van der Waals surface area contributed by atoms with Crippen LogP contribution in [0.15, 0.2) is 4.52 Å². The third-order valence-corrected chi connectivity index (χ3v) is 3.55. The third-order valence-electron chi connectivity index (χ3n) is 3.55. The zero-order chi connectivity index (χ0) is 13.7. The molecule has 2 rings (SSSR count). The first-order valence-electron chi connectivity index (χ1n) is 7.30. The van der Waals surface area contributed by atoms with E-state index in [9.17, 15) is 0 Å². The van der Waals surface area contributed by atoms with Gasteiger partial charge in [0, 0.05) is 19.4 Å². The average Bonchev–Trinajstić information content (AvgIpc) is 3.00. The first-order chi connectivity index (χ1) is 9.17. The van der Waals surface area contributed by atoms with Crippen molar-refractivity contribution in [1.29, 1.82) is 0 Å². The molecule has 2 N–H and O–H groups in total. The Bertz CT molecular complexity index is 373. The summed E-state index contributed by atoms with van der Waals surface area (Å²) in [7, 11) is 0. The molecule has 1 aliphatic rings. The highest BCUT2D eigenvalue weighted by Crippen LogP contribution is 2.18. The fourth-order valence-corrected chi connectivity index (χ4v) is 2.64. The van der Waals surface area contributed by atoms with Crippen molar-refractivity contribution in [3.63, 3.8) is 0 Å². The van der Waals surface area contributed by atoms with Gasteiger partial charge in [0.05, 0.1) is 6.10 Å². The van der Waals surface area contributed by atoms with Crippen molar-refractivity contribution in [3.05, 3.63) is 11.7 Å². The Kier molecular flexibility index (Phi) is 5.34. The predicted octanol–water partition coefficient (Wildman–Crippen LogP) is 1.95. The molecule has 19 heavy (non-hydrogen) atoms. The summed E-state index contributed by atoms with van der Waals surface area (Å²) in [5.74, 6) is 2.55. The van der Waals surface area contributed by atoms with Gasteiger partial charge in [-0.2, -0.15) is 4.98 Å². The molecule has 5 nitrogen and oxygen atoms in total. The minimum absolute atomic E-state index is 0.270. The van der Waals surface area contributed by atoms with Gasteiger partial charge in [0.1, 0.15) is 0 Å². The average molecular weight is 267 g/mol. The first kappa shape index (κ1) is 14.5. The van der Waals surface area contributed by atoms with E-state index in [1.54, 1.807) is 0 Å². The van der Waals surface area contributed by atoms with Crippen LogP contribution in [0.25, 0.3) is 0 Å². The molecule has 1 aromatic rings. The lowest BCUT2D eigenvalue weighted by Gasteiger charge is -2.14. The minimum Gasteiger partial charge on any atom is -0.378 e. The van der Waals surface area contributed by atoms with Crippen molar-refractivity contribution in [2.45, 2.75) is 52.1 Å². The second kappa shape index (κ2) is 7.01. The highest BCUT2D eigenvalue weighted by Gasteiger charge is 2.20. The third kappa shape index (κ3) is 4.58. The molecule has 1 aliphatic heterocycles. The number of nitrogens with zero attached hydrogens (tertiary/aromatic N) is 2. The number of hydrogen-bond donors (Lipinski definition) is 1. The van der Waals surface area contributed by atoms with E-state index >= 15 is 0 Å². The summed E-state index contributed by atoms with van der Waals surface area (Å²) in [4.78, 5) is 4.46. The lowest BCUT2D eigenvalue weighted by Crippen LogP contribution is -2.19. The smallest absolute Gasteiger partial charge is 0.226 e. The largest absolute Gasteiger partial charge is 0.378 e. The summed E-state index contributed by atoms with van der Waals surface area (Å²) in [6.07, 6.45) is 5.15. The molecule has 1 aromatic heterocycles. The second-order valence-corrected chi connectivity index (χ2v) is 5.88. The molecule has 0 aliphatic carbocycles. The van der Waals surface area contributed by atoms with Crippen LogP contribution in [0, 0.1) is 11.8 Å². The van der Waals surface area contributed by atoms with Gasteiger partial charge in [0.25, 0.3) is 0 Å². The van der Waals surface area contributed by atoms with Gasteiger partial charge in [-0.25, -0.2) is 0 Å².